The molecule has 0 unspecified atom stereocenters. The summed E-state index contributed by atoms with van der Waals surface area (Å²) >= 11 is 1.87. The van der Waals surface area contributed by atoms with Crippen molar-refractivity contribution in [2.24, 2.45) is 0 Å². The van der Waals surface area contributed by atoms with Crippen LogP contribution in [0.3, 0.4) is 0 Å². The van der Waals surface area contributed by atoms with Crippen molar-refractivity contribution in [3.8, 4) is 33.4 Å². The zero-order valence-electron chi connectivity index (χ0n) is 34.8. The first-order chi connectivity index (χ1) is 31.7. The standard InChI is InChI=1S/C61H39NOS/c1-2-16-42(17-3-1)61(55-27-8-4-19-49(55)50-20-5-9-28-56(50)61)43-33-37-45(38-34-43)62(44-35-31-40(32-36-44)47-23-13-25-53-51-21-6-10-29-57(51)63-59(47)53)46-18-12-15-41(39-46)48-24-14-26-54-52-22-7-11-30-58(52)64-60(48)54/h1-39H. The van der Waals surface area contributed by atoms with E-state index in [1.807, 2.05) is 23.5 Å². The van der Waals surface area contributed by atoms with Crippen molar-refractivity contribution in [3.63, 3.8) is 0 Å². The molecule has 0 radical (unpaired) electrons. The van der Waals surface area contributed by atoms with Crippen LogP contribution in [0.2, 0.25) is 0 Å². The van der Waals surface area contributed by atoms with Crippen LogP contribution in [0.1, 0.15) is 22.3 Å². The van der Waals surface area contributed by atoms with Gasteiger partial charge in [0.25, 0.3) is 0 Å². The van der Waals surface area contributed by atoms with E-state index in [0.29, 0.717) is 0 Å². The van der Waals surface area contributed by atoms with Crippen LogP contribution in [0.25, 0.3) is 75.5 Å². The van der Waals surface area contributed by atoms with Gasteiger partial charge in [-0.3, -0.25) is 0 Å². The summed E-state index contributed by atoms with van der Waals surface area (Å²) in [5.74, 6) is 0. The van der Waals surface area contributed by atoms with E-state index >= 15 is 0 Å². The molecule has 1 aliphatic rings. The number of thiophene rings is 1. The number of fused-ring (bicyclic) bond motifs is 9. The Morgan fingerprint density at radius 1 is 0.359 bits per heavy atom. The second kappa shape index (κ2) is 14.6. The summed E-state index contributed by atoms with van der Waals surface area (Å²) in [6.45, 7) is 0. The summed E-state index contributed by atoms with van der Waals surface area (Å²) < 4.78 is 9.10. The van der Waals surface area contributed by atoms with Crippen LogP contribution in [0.15, 0.2) is 241 Å². The summed E-state index contributed by atoms with van der Waals surface area (Å²) in [6, 6.07) is 86.4. The van der Waals surface area contributed by atoms with Gasteiger partial charge in [0.1, 0.15) is 11.2 Å². The van der Waals surface area contributed by atoms with Gasteiger partial charge in [-0.05, 0) is 98.6 Å². The quantitative estimate of drug-likeness (QED) is 0.159. The van der Waals surface area contributed by atoms with Crippen LogP contribution in [0.4, 0.5) is 17.1 Å². The second-order valence-corrected chi connectivity index (χ2v) is 17.8. The first-order valence-corrected chi connectivity index (χ1v) is 22.7. The minimum absolute atomic E-state index is 0.472. The van der Waals surface area contributed by atoms with Crippen molar-refractivity contribution >= 4 is 70.5 Å². The van der Waals surface area contributed by atoms with Crippen LogP contribution >= 0.6 is 11.3 Å². The van der Waals surface area contributed by atoms with Crippen LogP contribution in [0.5, 0.6) is 0 Å². The zero-order valence-corrected chi connectivity index (χ0v) is 35.6. The van der Waals surface area contributed by atoms with E-state index in [9.17, 15) is 0 Å². The van der Waals surface area contributed by atoms with Gasteiger partial charge >= 0.3 is 0 Å². The number of hydrogen-bond acceptors (Lipinski definition) is 3. The molecule has 64 heavy (non-hydrogen) atoms. The largest absolute Gasteiger partial charge is 0.455 e. The highest BCUT2D eigenvalue weighted by atomic mass is 32.1. The summed E-state index contributed by atoms with van der Waals surface area (Å²) in [7, 11) is 0. The van der Waals surface area contributed by atoms with Gasteiger partial charge in [0, 0.05) is 53.6 Å². The molecule has 2 nitrogen and oxygen atoms in total. The Bertz CT molecular complexity index is 3680. The summed E-state index contributed by atoms with van der Waals surface area (Å²) in [6.07, 6.45) is 0. The lowest BCUT2D eigenvalue weighted by molar-refractivity contribution is 0.670. The highest BCUT2D eigenvalue weighted by Crippen LogP contribution is 2.56. The molecule has 300 valence electrons. The fraction of sp³-hybridized carbons (Fsp3) is 0.0164. The van der Waals surface area contributed by atoms with Gasteiger partial charge < -0.3 is 9.32 Å². The van der Waals surface area contributed by atoms with Crippen LogP contribution in [-0.2, 0) is 5.41 Å². The van der Waals surface area contributed by atoms with Gasteiger partial charge in [-0.25, -0.2) is 0 Å². The maximum Gasteiger partial charge on any atom is 0.143 e. The van der Waals surface area contributed by atoms with E-state index in [1.165, 1.54) is 64.7 Å². The van der Waals surface area contributed by atoms with Gasteiger partial charge in [0.2, 0.25) is 0 Å². The maximum absolute atomic E-state index is 6.49. The summed E-state index contributed by atoms with van der Waals surface area (Å²) in [5, 5.41) is 4.87. The smallest absolute Gasteiger partial charge is 0.143 e. The van der Waals surface area contributed by atoms with Crippen molar-refractivity contribution in [2.75, 3.05) is 4.90 Å². The summed E-state index contributed by atoms with van der Waals surface area (Å²) in [5.41, 5.74) is 16.9. The molecule has 12 aromatic rings. The van der Waals surface area contributed by atoms with Gasteiger partial charge in [0.15, 0.2) is 0 Å². The topological polar surface area (TPSA) is 16.4 Å². The molecule has 2 aromatic heterocycles. The number of furan rings is 1. The van der Waals surface area contributed by atoms with E-state index < -0.39 is 5.41 Å². The lowest BCUT2D eigenvalue weighted by Crippen LogP contribution is -2.28. The Kier molecular flexibility index (Phi) is 8.34. The third-order valence-electron chi connectivity index (χ3n) is 13.4. The molecule has 3 heteroatoms. The minimum Gasteiger partial charge on any atom is -0.455 e. The van der Waals surface area contributed by atoms with Crippen LogP contribution in [0, 0.1) is 0 Å². The number of nitrogens with zero attached hydrogens (tertiary/aromatic N) is 1. The predicted molar refractivity (Wildman–Crippen MR) is 269 cm³/mol. The molecule has 0 N–H and O–H groups in total. The van der Waals surface area contributed by atoms with Gasteiger partial charge in [-0.2, -0.15) is 0 Å². The fourth-order valence-electron chi connectivity index (χ4n) is 10.6. The third kappa shape index (κ3) is 5.51. The van der Waals surface area contributed by atoms with Crippen molar-refractivity contribution in [3.05, 3.63) is 259 Å². The normalized spacial score (nSPS) is 12.8. The van der Waals surface area contributed by atoms with Crippen molar-refractivity contribution in [2.45, 2.75) is 5.41 Å². The first-order valence-electron chi connectivity index (χ1n) is 21.9. The molecule has 0 atom stereocenters. The van der Waals surface area contributed by atoms with E-state index in [4.69, 9.17) is 4.42 Å². The Labute approximate surface area is 375 Å². The molecular weight excluding hydrogens is 795 g/mol. The van der Waals surface area contributed by atoms with Gasteiger partial charge in [-0.15, -0.1) is 11.3 Å². The van der Waals surface area contributed by atoms with Crippen molar-refractivity contribution < 1.29 is 4.42 Å². The third-order valence-corrected chi connectivity index (χ3v) is 14.6. The highest BCUT2D eigenvalue weighted by molar-refractivity contribution is 7.26. The van der Waals surface area contributed by atoms with Crippen molar-refractivity contribution in [1.29, 1.82) is 0 Å². The van der Waals surface area contributed by atoms with E-state index in [2.05, 4.69) is 229 Å². The average molecular weight is 834 g/mol. The van der Waals surface area contributed by atoms with E-state index in [-0.39, 0.29) is 0 Å². The number of benzene rings is 10. The monoisotopic (exact) mass is 833 g/mol. The molecule has 0 amide bonds. The molecule has 10 aromatic carbocycles. The molecule has 0 aliphatic heterocycles. The SMILES string of the molecule is c1ccc(C2(c3ccc(N(c4ccc(-c5cccc6c5oc5ccccc56)cc4)c4cccc(-c5cccc6c5sc5ccccc56)c4)cc3)c3ccccc3-c3ccccc32)cc1. The molecule has 0 fully saturated rings. The Hall–Kier alpha value is -7.98. The molecule has 0 bridgehead atoms. The van der Waals surface area contributed by atoms with E-state index in [0.717, 1.165) is 50.1 Å². The molecule has 0 saturated carbocycles. The minimum atomic E-state index is -0.472. The molecule has 1 aliphatic carbocycles. The Balaban J connectivity index is 0.975. The molecular formula is C61H39NOS. The second-order valence-electron chi connectivity index (χ2n) is 16.7. The predicted octanol–water partition coefficient (Wildman–Crippen LogP) is 17.1. The van der Waals surface area contributed by atoms with Crippen molar-refractivity contribution in [1.82, 2.24) is 0 Å². The number of para-hydroxylation sites is 2. The molecule has 2 heterocycles. The number of anilines is 3. The lowest BCUT2D eigenvalue weighted by atomic mass is 9.68. The van der Waals surface area contributed by atoms with E-state index in [1.54, 1.807) is 0 Å². The number of rotatable bonds is 7. The molecule has 13 rings (SSSR count). The fourth-order valence-corrected chi connectivity index (χ4v) is 11.8. The Morgan fingerprint density at radius 3 is 1.69 bits per heavy atom. The summed E-state index contributed by atoms with van der Waals surface area (Å²) in [4.78, 5) is 2.40. The zero-order chi connectivity index (χ0) is 42.2. The molecule has 0 saturated heterocycles. The Morgan fingerprint density at radius 2 is 0.922 bits per heavy atom. The lowest BCUT2D eigenvalue weighted by Gasteiger charge is -2.34. The average Bonchev–Trinajstić information content (AvgIpc) is 4.04. The number of hydrogen-bond donors (Lipinski definition) is 0. The van der Waals surface area contributed by atoms with Crippen LogP contribution < -0.4 is 4.90 Å². The van der Waals surface area contributed by atoms with Crippen LogP contribution in [-0.4, -0.2) is 0 Å². The first kappa shape index (κ1) is 36.7. The van der Waals surface area contributed by atoms with Gasteiger partial charge in [-0.1, -0.05) is 188 Å². The highest BCUT2D eigenvalue weighted by Gasteiger charge is 2.45. The van der Waals surface area contributed by atoms with Gasteiger partial charge in [0.05, 0.1) is 5.41 Å². The maximum atomic E-state index is 6.49. The molecule has 0 spiro atoms.